The molecular formula is C39H56O14. The van der Waals surface area contributed by atoms with E-state index in [0.29, 0.717) is 5.57 Å². The zero-order valence-electron chi connectivity index (χ0n) is 31.5. The average molecular weight is 749 g/mol. The average Bonchev–Trinajstić information content (AvgIpc) is 3.11. The van der Waals surface area contributed by atoms with Crippen LogP contribution in [0.3, 0.4) is 0 Å². The van der Waals surface area contributed by atoms with Gasteiger partial charge >= 0.3 is 11.9 Å². The summed E-state index contributed by atoms with van der Waals surface area (Å²) in [6, 6.07) is 0. The van der Waals surface area contributed by atoms with Crippen molar-refractivity contribution >= 4 is 17.7 Å². The van der Waals surface area contributed by atoms with E-state index in [1.807, 2.05) is 83.2 Å². The molecule has 2 saturated heterocycles. The first-order valence-electron chi connectivity index (χ1n) is 17.9. The fourth-order valence-electron chi connectivity index (χ4n) is 6.33. The highest BCUT2D eigenvalue weighted by Crippen LogP contribution is 2.41. The number of aliphatic hydroxyl groups excluding tert-OH is 6. The Labute approximate surface area is 310 Å². The number of hydrogen-bond acceptors (Lipinski definition) is 14. The Morgan fingerprint density at radius 2 is 1.49 bits per heavy atom. The predicted molar refractivity (Wildman–Crippen MR) is 192 cm³/mol. The normalized spacial score (nSPS) is 34.4. The summed E-state index contributed by atoms with van der Waals surface area (Å²) >= 11 is 0. The molecule has 2 aliphatic heterocycles. The van der Waals surface area contributed by atoms with Crippen LogP contribution in [0.5, 0.6) is 0 Å². The highest BCUT2D eigenvalue weighted by molar-refractivity contribution is 6.01. The molecule has 0 amide bonds. The van der Waals surface area contributed by atoms with Gasteiger partial charge in [-0.3, -0.25) is 14.4 Å². The van der Waals surface area contributed by atoms with Gasteiger partial charge < -0.3 is 54.3 Å². The Balaban J connectivity index is 1.57. The van der Waals surface area contributed by atoms with Gasteiger partial charge in [0, 0.05) is 6.42 Å². The first-order chi connectivity index (χ1) is 24.9. The highest BCUT2D eigenvalue weighted by Gasteiger charge is 2.50. The zero-order chi connectivity index (χ0) is 39.6. The smallest absolute Gasteiger partial charge is 0.307 e. The fraction of sp³-hybridized carbons (Fsp3) is 0.615. The quantitative estimate of drug-likeness (QED) is 0.111. The standard InChI is InChI=1S/C39H56O14/c1-8-10-12-21(3)13-11-14-22(4)15-16-24-23(5)30(42)26(19-39(24,6)7)50-29(41)18-17-28(40)49-20-27-36(33(45)34(46)37(48)51-27)53-38-35(47)32(44)31(43)25(9-2)52-38/h8,10-16,25-27,31-38,43-48H,9,17-20H2,1-7H3/b10-8+,13-11+,16-15+,21-12+,22-14+. The van der Waals surface area contributed by atoms with E-state index in [2.05, 4.69) is 0 Å². The van der Waals surface area contributed by atoms with E-state index < -0.39 is 104 Å². The van der Waals surface area contributed by atoms with Gasteiger partial charge in [0.25, 0.3) is 0 Å². The van der Waals surface area contributed by atoms with Gasteiger partial charge in [-0.2, -0.15) is 0 Å². The molecule has 3 rings (SSSR count). The topological polar surface area (TPSA) is 219 Å². The molecule has 2 heterocycles. The molecule has 1 aliphatic carbocycles. The number of Topliss-reactive ketones (excluding diaryl/α,β-unsaturated/α-hetero) is 1. The van der Waals surface area contributed by atoms with E-state index >= 15 is 0 Å². The van der Waals surface area contributed by atoms with E-state index in [9.17, 15) is 45.0 Å². The van der Waals surface area contributed by atoms with Crippen LogP contribution in [0.2, 0.25) is 0 Å². The lowest BCUT2D eigenvalue weighted by atomic mass is 9.71. The second kappa shape index (κ2) is 19.9. The highest BCUT2D eigenvalue weighted by atomic mass is 16.7. The molecule has 14 heteroatoms. The van der Waals surface area contributed by atoms with Crippen molar-refractivity contribution in [2.24, 2.45) is 5.41 Å². The number of carbonyl (C=O) groups excluding carboxylic acids is 3. The van der Waals surface area contributed by atoms with E-state index in [1.165, 1.54) is 0 Å². The van der Waals surface area contributed by atoms with Crippen LogP contribution in [-0.4, -0.2) is 122 Å². The second-order valence-electron chi connectivity index (χ2n) is 14.3. The van der Waals surface area contributed by atoms with Gasteiger partial charge in [-0.25, -0.2) is 0 Å². The number of ether oxygens (including phenoxy) is 5. The van der Waals surface area contributed by atoms with Crippen molar-refractivity contribution in [1.29, 1.82) is 0 Å². The molecule has 11 unspecified atom stereocenters. The molecule has 0 spiro atoms. The monoisotopic (exact) mass is 748 g/mol. The molecule has 0 aromatic heterocycles. The maximum absolute atomic E-state index is 13.3. The third-order valence-electron chi connectivity index (χ3n) is 9.51. The summed E-state index contributed by atoms with van der Waals surface area (Å²) in [5.41, 5.74) is 2.89. The third kappa shape index (κ3) is 11.8. The first-order valence-corrected chi connectivity index (χ1v) is 17.9. The Bertz CT molecular complexity index is 1470. The lowest BCUT2D eigenvalue weighted by Gasteiger charge is -2.45. The minimum absolute atomic E-state index is 0.238. The van der Waals surface area contributed by atoms with Crippen LogP contribution in [0.25, 0.3) is 0 Å². The van der Waals surface area contributed by atoms with Crippen LogP contribution in [0.4, 0.5) is 0 Å². The van der Waals surface area contributed by atoms with Gasteiger partial charge in [0.1, 0.15) is 49.3 Å². The van der Waals surface area contributed by atoms with Crippen LogP contribution >= 0.6 is 0 Å². The number of hydrogen-bond donors (Lipinski definition) is 6. The number of aliphatic hydroxyl groups is 6. The fourth-order valence-corrected chi connectivity index (χ4v) is 6.33. The van der Waals surface area contributed by atoms with Crippen LogP contribution in [-0.2, 0) is 38.1 Å². The zero-order valence-corrected chi connectivity index (χ0v) is 31.5. The molecule has 296 valence electrons. The Kier molecular flexibility index (Phi) is 16.5. The van der Waals surface area contributed by atoms with Crippen molar-refractivity contribution in [2.45, 2.75) is 142 Å². The number of allylic oxidation sites excluding steroid dienone is 11. The van der Waals surface area contributed by atoms with Crippen molar-refractivity contribution in [3.05, 3.63) is 70.9 Å². The number of esters is 2. The van der Waals surface area contributed by atoms with E-state index in [4.69, 9.17) is 23.7 Å². The van der Waals surface area contributed by atoms with Gasteiger partial charge in [-0.05, 0) is 50.7 Å². The molecule has 0 radical (unpaired) electrons. The van der Waals surface area contributed by atoms with Crippen LogP contribution in [0.15, 0.2) is 70.9 Å². The van der Waals surface area contributed by atoms with Crippen molar-refractivity contribution < 1.29 is 68.7 Å². The SMILES string of the molecule is C/C=C/C=C(C)/C=C/C=C(C)/C=C/C1=C(C)C(=O)C(OC(=O)CCC(=O)OCC2OC(O)C(O)C(O)C2OC2OC(CC)C(O)C(O)C2O)CC1(C)C. The summed E-state index contributed by atoms with van der Waals surface area (Å²) in [5.74, 6) is -1.99. The molecule has 2 fully saturated rings. The molecule has 0 saturated carbocycles. The lowest BCUT2D eigenvalue weighted by molar-refractivity contribution is -0.353. The summed E-state index contributed by atoms with van der Waals surface area (Å²) in [6.45, 7) is 12.6. The Morgan fingerprint density at radius 1 is 0.849 bits per heavy atom. The largest absolute Gasteiger partial charge is 0.463 e. The molecule has 3 aliphatic rings. The summed E-state index contributed by atoms with van der Waals surface area (Å²) in [6.07, 6.45) is -1.46. The summed E-state index contributed by atoms with van der Waals surface area (Å²) < 4.78 is 27.2. The molecule has 0 bridgehead atoms. The van der Waals surface area contributed by atoms with Gasteiger partial charge in [-0.1, -0.05) is 80.5 Å². The molecular weight excluding hydrogens is 692 g/mol. The van der Waals surface area contributed by atoms with Gasteiger partial charge in [0.2, 0.25) is 0 Å². The number of ketones is 1. The molecule has 0 aromatic carbocycles. The van der Waals surface area contributed by atoms with E-state index in [1.54, 1.807) is 13.8 Å². The molecule has 0 aromatic rings. The predicted octanol–water partition coefficient (Wildman–Crippen LogP) is 2.16. The maximum atomic E-state index is 13.3. The second-order valence-corrected chi connectivity index (χ2v) is 14.3. The first kappa shape index (κ1) is 44.1. The minimum Gasteiger partial charge on any atom is -0.463 e. The molecule has 11 atom stereocenters. The van der Waals surface area contributed by atoms with Crippen LogP contribution in [0.1, 0.15) is 74.1 Å². The van der Waals surface area contributed by atoms with Crippen molar-refractivity contribution in [3.8, 4) is 0 Å². The Morgan fingerprint density at radius 3 is 2.15 bits per heavy atom. The van der Waals surface area contributed by atoms with Crippen LogP contribution < -0.4 is 0 Å². The third-order valence-corrected chi connectivity index (χ3v) is 9.51. The van der Waals surface area contributed by atoms with Gasteiger partial charge in [0.05, 0.1) is 18.9 Å². The molecule has 14 nitrogen and oxygen atoms in total. The lowest BCUT2D eigenvalue weighted by Crippen LogP contribution is -2.64. The molecule has 53 heavy (non-hydrogen) atoms. The van der Waals surface area contributed by atoms with E-state index in [0.717, 1.165) is 16.7 Å². The van der Waals surface area contributed by atoms with Crippen molar-refractivity contribution in [3.63, 3.8) is 0 Å². The van der Waals surface area contributed by atoms with Crippen molar-refractivity contribution in [1.82, 2.24) is 0 Å². The number of rotatable bonds is 14. The minimum atomic E-state index is -1.88. The maximum Gasteiger partial charge on any atom is 0.307 e. The summed E-state index contributed by atoms with van der Waals surface area (Å²) in [5, 5.41) is 61.7. The molecule has 6 N–H and O–H groups in total. The summed E-state index contributed by atoms with van der Waals surface area (Å²) in [4.78, 5) is 38.7. The number of carbonyl (C=O) groups is 3. The Hall–Kier alpha value is -3.31. The van der Waals surface area contributed by atoms with E-state index in [-0.39, 0.29) is 18.6 Å². The van der Waals surface area contributed by atoms with Crippen molar-refractivity contribution in [2.75, 3.05) is 6.61 Å². The summed E-state index contributed by atoms with van der Waals surface area (Å²) in [7, 11) is 0. The van der Waals surface area contributed by atoms with Crippen LogP contribution in [0, 0.1) is 5.41 Å². The van der Waals surface area contributed by atoms with Gasteiger partial charge in [0.15, 0.2) is 24.5 Å². The van der Waals surface area contributed by atoms with Gasteiger partial charge in [-0.15, -0.1) is 0 Å².